The summed E-state index contributed by atoms with van der Waals surface area (Å²) in [4.78, 5) is 19.0. The quantitative estimate of drug-likeness (QED) is 0.518. The van der Waals surface area contributed by atoms with Crippen LogP contribution in [0.5, 0.6) is 0 Å². The molecular formula is C24H24N4O2. The highest BCUT2D eigenvalue weighted by molar-refractivity contribution is 6.06. The first-order chi connectivity index (χ1) is 14.7. The zero-order chi connectivity index (χ0) is 20.3. The van der Waals surface area contributed by atoms with E-state index in [0.29, 0.717) is 0 Å². The number of likely N-dealkylation sites (tertiary alicyclic amines) is 1. The molecule has 1 saturated heterocycles. The summed E-state index contributed by atoms with van der Waals surface area (Å²) in [5.74, 6) is 0. The zero-order valence-corrected chi connectivity index (χ0v) is 16.7. The molecule has 2 aromatic carbocycles. The fraction of sp³-hybridized carbons (Fsp3) is 0.250. The van der Waals surface area contributed by atoms with Crippen molar-refractivity contribution in [2.45, 2.75) is 25.4 Å². The second-order valence-electron chi connectivity index (χ2n) is 7.81. The molecule has 2 aromatic heterocycles. The summed E-state index contributed by atoms with van der Waals surface area (Å²) in [5, 5.41) is 8.19. The van der Waals surface area contributed by atoms with E-state index in [9.17, 15) is 4.79 Å². The Morgan fingerprint density at radius 2 is 1.77 bits per heavy atom. The molecular weight excluding hydrogens is 376 g/mol. The topological polar surface area (TPSA) is 70.4 Å². The molecule has 30 heavy (non-hydrogen) atoms. The minimum absolute atomic E-state index is 0.168. The van der Waals surface area contributed by atoms with Crippen LogP contribution in [0.1, 0.15) is 18.4 Å². The summed E-state index contributed by atoms with van der Waals surface area (Å²) in [6.45, 7) is 2.87. The molecule has 1 fully saturated rings. The van der Waals surface area contributed by atoms with Crippen molar-refractivity contribution in [2.75, 3.05) is 18.4 Å². The molecule has 0 atom stereocenters. The number of carbonyl (C=O) groups excluding carboxylic acids is 1. The Hall–Kier alpha value is -3.38. The van der Waals surface area contributed by atoms with E-state index in [1.807, 2.05) is 54.9 Å². The van der Waals surface area contributed by atoms with E-state index in [0.717, 1.165) is 60.1 Å². The minimum Gasteiger partial charge on any atom is -0.456 e. The van der Waals surface area contributed by atoms with Gasteiger partial charge in [0.15, 0.2) is 0 Å². The van der Waals surface area contributed by atoms with Gasteiger partial charge < -0.3 is 15.1 Å². The highest BCUT2D eigenvalue weighted by atomic mass is 16.3. The Balaban J connectivity index is 1.16. The lowest BCUT2D eigenvalue weighted by Crippen LogP contribution is -2.45. The van der Waals surface area contributed by atoms with Gasteiger partial charge in [0.2, 0.25) is 0 Å². The van der Waals surface area contributed by atoms with Crippen molar-refractivity contribution in [2.24, 2.45) is 0 Å². The first-order valence-corrected chi connectivity index (χ1v) is 10.3. The van der Waals surface area contributed by atoms with Crippen LogP contribution < -0.4 is 10.6 Å². The number of anilines is 1. The maximum Gasteiger partial charge on any atom is 0.319 e. The number of para-hydroxylation sites is 1. The van der Waals surface area contributed by atoms with Crippen LogP contribution >= 0.6 is 0 Å². The molecule has 0 spiro atoms. The number of furan rings is 1. The van der Waals surface area contributed by atoms with Crippen molar-refractivity contribution in [1.82, 2.24) is 15.2 Å². The van der Waals surface area contributed by atoms with Gasteiger partial charge in [0.1, 0.15) is 11.2 Å². The minimum atomic E-state index is -0.168. The van der Waals surface area contributed by atoms with E-state index in [1.54, 1.807) is 0 Å². The number of aromatic nitrogens is 1. The van der Waals surface area contributed by atoms with Crippen LogP contribution in [0.25, 0.3) is 21.9 Å². The van der Waals surface area contributed by atoms with Crippen LogP contribution in [-0.2, 0) is 6.54 Å². The number of nitrogens with one attached hydrogen (secondary N) is 2. The molecule has 6 heteroatoms. The van der Waals surface area contributed by atoms with E-state index in [4.69, 9.17) is 4.42 Å². The van der Waals surface area contributed by atoms with Gasteiger partial charge in [-0.05, 0) is 48.7 Å². The number of fused-ring (bicyclic) bond motifs is 3. The molecule has 4 aromatic rings. The maximum absolute atomic E-state index is 12.5. The van der Waals surface area contributed by atoms with E-state index >= 15 is 0 Å². The lowest BCUT2D eigenvalue weighted by Gasteiger charge is -2.32. The van der Waals surface area contributed by atoms with Crippen LogP contribution in [0.4, 0.5) is 10.5 Å². The van der Waals surface area contributed by atoms with Gasteiger partial charge in [0.25, 0.3) is 0 Å². The van der Waals surface area contributed by atoms with Gasteiger partial charge in [-0.3, -0.25) is 9.88 Å². The van der Waals surface area contributed by atoms with Crippen molar-refractivity contribution in [3.63, 3.8) is 0 Å². The molecule has 2 amide bonds. The molecule has 0 saturated carbocycles. The second-order valence-corrected chi connectivity index (χ2v) is 7.81. The number of pyridine rings is 1. The van der Waals surface area contributed by atoms with Crippen LogP contribution in [0, 0.1) is 0 Å². The number of carbonyl (C=O) groups is 1. The molecule has 0 radical (unpaired) electrons. The summed E-state index contributed by atoms with van der Waals surface area (Å²) in [6.07, 6.45) is 5.55. The Labute approximate surface area is 174 Å². The van der Waals surface area contributed by atoms with Crippen LogP contribution in [0.2, 0.25) is 0 Å². The van der Waals surface area contributed by atoms with Crippen molar-refractivity contribution >= 4 is 33.7 Å². The fourth-order valence-corrected chi connectivity index (χ4v) is 4.14. The molecule has 152 valence electrons. The SMILES string of the molecule is O=C(Nc1ccc2c(c1)oc1ccccc12)NC1CCN(Cc2ccncc2)CC1. The van der Waals surface area contributed by atoms with Crippen LogP contribution in [0.15, 0.2) is 71.4 Å². The van der Waals surface area contributed by atoms with Crippen molar-refractivity contribution in [1.29, 1.82) is 0 Å². The normalized spacial score (nSPS) is 15.5. The molecule has 0 unspecified atom stereocenters. The summed E-state index contributed by atoms with van der Waals surface area (Å²) < 4.78 is 5.90. The lowest BCUT2D eigenvalue weighted by atomic mass is 10.0. The molecule has 3 heterocycles. The molecule has 2 N–H and O–H groups in total. The number of rotatable bonds is 4. The number of hydrogen-bond donors (Lipinski definition) is 2. The van der Waals surface area contributed by atoms with E-state index in [-0.39, 0.29) is 12.1 Å². The smallest absolute Gasteiger partial charge is 0.319 e. The first kappa shape index (κ1) is 18.6. The monoisotopic (exact) mass is 400 g/mol. The third-order valence-corrected chi connectivity index (χ3v) is 5.71. The van der Waals surface area contributed by atoms with Crippen molar-refractivity contribution in [3.05, 3.63) is 72.6 Å². The lowest BCUT2D eigenvalue weighted by molar-refractivity contribution is 0.190. The average Bonchev–Trinajstić information content (AvgIpc) is 3.13. The van der Waals surface area contributed by atoms with Gasteiger partial charge in [-0.1, -0.05) is 18.2 Å². The summed E-state index contributed by atoms with van der Waals surface area (Å²) in [5.41, 5.74) is 3.63. The average molecular weight is 400 g/mol. The third-order valence-electron chi connectivity index (χ3n) is 5.71. The van der Waals surface area contributed by atoms with Crippen LogP contribution in [0.3, 0.4) is 0 Å². The van der Waals surface area contributed by atoms with Crippen molar-refractivity contribution < 1.29 is 9.21 Å². The number of amides is 2. The van der Waals surface area contributed by atoms with Gasteiger partial charge in [0.05, 0.1) is 0 Å². The molecule has 0 aliphatic carbocycles. The van der Waals surface area contributed by atoms with E-state index in [1.165, 1.54) is 5.56 Å². The number of piperidine rings is 1. The number of nitrogens with zero attached hydrogens (tertiary/aromatic N) is 2. The Kier molecular flexibility index (Phi) is 5.07. The molecule has 0 bridgehead atoms. The van der Waals surface area contributed by atoms with Gasteiger partial charge in [-0.15, -0.1) is 0 Å². The maximum atomic E-state index is 12.5. The molecule has 1 aliphatic rings. The first-order valence-electron chi connectivity index (χ1n) is 10.3. The molecule has 1 aliphatic heterocycles. The Morgan fingerprint density at radius 3 is 2.60 bits per heavy atom. The Morgan fingerprint density at radius 1 is 1.00 bits per heavy atom. The van der Waals surface area contributed by atoms with Crippen LogP contribution in [-0.4, -0.2) is 35.0 Å². The summed E-state index contributed by atoms with van der Waals surface area (Å²) in [6, 6.07) is 17.9. The predicted octanol–water partition coefficient (Wildman–Crippen LogP) is 4.77. The van der Waals surface area contributed by atoms with Gasteiger partial charge in [0, 0.05) is 60.6 Å². The molecule has 5 rings (SSSR count). The third kappa shape index (κ3) is 4.00. The summed E-state index contributed by atoms with van der Waals surface area (Å²) in [7, 11) is 0. The van der Waals surface area contributed by atoms with Gasteiger partial charge >= 0.3 is 6.03 Å². The number of urea groups is 1. The van der Waals surface area contributed by atoms with E-state index < -0.39 is 0 Å². The van der Waals surface area contributed by atoms with E-state index in [2.05, 4.69) is 32.7 Å². The standard InChI is InChI=1S/C24H24N4O2/c29-24(26-18-9-13-28(14-10-18)16-17-7-11-25-12-8-17)27-19-5-6-21-20-3-1-2-4-22(20)30-23(21)15-19/h1-8,11-12,15,18H,9-10,13-14,16H2,(H2,26,27,29). The largest absolute Gasteiger partial charge is 0.456 e. The zero-order valence-electron chi connectivity index (χ0n) is 16.7. The van der Waals surface area contributed by atoms with Crippen molar-refractivity contribution in [3.8, 4) is 0 Å². The van der Waals surface area contributed by atoms with Gasteiger partial charge in [-0.25, -0.2) is 4.79 Å². The summed E-state index contributed by atoms with van der Waals surface area (Å²) >= 11 is 0. The van der Waals surface area contributed by atoms with Gasteiger partial charge in [-0.2, -0.15) is 0 Å². The number of benzene rings is 2. The Bertz CT molecular complexity index is 1160. The highest BCUT2D eigenvalue weighted by Crippen LogP contribution is 2.30. The predicted molar refractivity (Wildman–Crippen MR) is 118 cm³/mol. The fourth-order valence-electron chi connectivity index (χ4n) is 4.14. The number of hydrogen-bond acceptors (Lipinski definition) is 4. The second kappa shape index (κ2) is 8.16. The highest BCUT2D eigenvalue weighted by Gasteiger charge is 2.21. The molecule has 6 nitrogen and oxygen atoms in total.